The van der Waals surface area contributed by atoms with Crippen molar-refractivity contribution in [1.29, 1.82) is 0 Å². The smallest absolute Gasteiger partial charge is 0.258 e. The van der Waals surface area contributed by atoms with E-state index in [9.17, 15) is 13.2 Å². The van der Waals surface area contributed by atoms with Gasteiger partial charge in [0, 0.05) is 19.1 Å². The number of nitrogens with one attached hydrogen (secondary N) is 1. The van der Waals surface area contributed by atoms with E-state index in [1.807, 2.05) is 43.3 Å². The number of sulfonamides is 1. The SMILES string of the molecule is Cc1ccc(OCC(=O)NC2CCN(S(=O)(=O)c3ccc(C(C)(C)C)cc3)CC2)cc1. The van der Waals surface area contributed by atoms with Crippen LogP contribution in [0.3, 0.4) is 0 Å². The summed E-state index contributed by atoms with van der Waals surface area (Å²) in [4.78, 5) is 12.5. The number of carbonyl (C=O) groups excluding carboxylic acids is 1. The van der Waals surface area contributed by atoms with Crippen molar-refractivity contribution in [3.05, 3.63) is 59.7 Å². The lowest BCUT2D eigenvalue weighted by atomic mass is 9.87. The van der Waals surface area contributed by atoms with Gasteiger partial charge in [-0.25, -0.2) is 8.42 Å². The van der Waals surface area contributed by atoms with Crippen LogP contribution in [0.1, 0.15) is 44.7 Å². The summed E-state index contributed by atoms with van der Waals surface area (Å²) in [5.41, 5.74) is 2.20. The summed E-state index contributed by atoms with van der Waals surface area (Å²) < 4.78 is 33.0. The van der Waals surface area contributed by atoms with E-state index in [2.05, 4.69) is 26.1 Å². The molecule has 1 amide bonds. The third-order valence-electron chi connectivity index (χ3n) is 5.57. The van der Waals surface area contributed by atoms with Crippen molar-refractivity contribution in [2.45, 2.75) is 56.9 Å². The van der Waals surface area contributed by atoms with Crippen LogP contribution in [-0.2, 0) is 20.2 Å². The molecule has 1 N–H and O–H groups in total. The zero-order valence-corrected chi connectivity index (χ0v) is 19.5. The van der Waals surface area contributed by atoms with Crippen LogP contribution in [0.4, 0.5) is 0 Å². The average molecular weight is 445 g/mol. The number of rotatable bonds is 6. The van der Waals surface area contributed by atoms with Crippen LogP contribution in [0, 0.1) is 6.92 Å². The lowest BCUT2D eigenvalue weighted by molar-refractivity contribution is -0.124. The summed E-state index contributed by atoms with van der Waals surface area (Å²) in [6.07, 6.45) is 1.16. The summed E-state index contributed by atoms with van der Waals surface area (Å²) in [5.74, 6) is 0.457. The normalized spacial score (nSPS) is 16.1. The molecule has 1 fully saturated rings. The molecule has 0 atom stereocenters. The molecular formula is C24H32N2O4S. The summed E-state index contributed by atoms with van der Waals surface area (Å²) in [7, 11) is -3.53. The Bertz CT molecular complexity index is 985. The number of carbonyl (C=O) groups is 1. The van der Waals surface area contributed by atoms with E-state index in [1.54, 1.807) is 12.1 Å². The predicted octanol–water partition coefficient (Wildman–Crippen LogP) is 3.64. The van der Waals surface area contributed by atoms with Crippen LogP contribution >= 0.6 is 0 Å². The number of amides is 1. The highest BCUT2D eigenvalue weighted by Gasteiger charge is 2.30. The molecule has 0 spiro atoms. The topological polar surface area (TPSA) is 75.7 Å². The van der Waals surface area contributed by atoms with Crippen molar-refractivity contribution in [2.75, 3.05) is 19.7 Å². The van der Waals surface area contributed by atoms with E-state index < -0.39 is 10.0 Å². The fourth-order valence-corrected chi connectivity index (χ4v) is 5.04. The number of benzene rings is 2. The van der Waals surface area contributed by atoms with E-state index in [-0.39, 0.29) is 24.0 Å². The molecule has 1 aliphatic rings. The van der Waals surface area contributed by atoms with Gasteiger partial charge in [0.05, 0.1) is 4.90 Å². The van der Waals surface area contributed by atoms with E-state index in [0.717, 1.165) is 11.1 Å². The highest BCUT2D eigenvalue weighted by molar-refractivity contribution is 7.89. The molecule has 3 rings (SSSR count). The first-order chi connectivity index (χ1) is 14.6. The standard InChI is InChI=1S/C24H32N2O4S/c1-18-5-9-21(10-6-18)30-17-23(27)25-20-13-15-26(16-14-20)31(28,29)22-11-7-19(8-12-22)24(2,3)4/h5-12,20H,13-17H2,1-4H3,(H,25,27). The van der Waals surface area contributed by atoms with Crippen molar-refractivity contribution >= 4 is 15.9 Å². The zero-order chi connectivity index (χ0) is 22.6. The summed E-state index contributed by atoms with van der Waals surface area (Å²) in [6.45, 7) is 9.00. The Hall–Kier alpha value is -2.38. The van der Waals surface area contributed by atoms with Crippen LogP contribution in [0.15, 0.2) is 53.4 Å². The highest BCUT2D eigenvalue weighted by atomic mass is 32.2. The molecule has 0 aliphatic carbocycles. The van der Waals surface area contributed by atoms with Crippen LogP contribution in [-0.4, -0.2) is 44.4 Å². The van der Waals surface area contributed by atoms with Gasteiger partial charge in [-0.15, -0.1) is 0 Å². The van der Waals surface area contributed by atoms with Crippen LogP contribution in [0.25, 0.3) is 0 Å². The maximum absolute atomic E-state index is 13.0. The fraction of sp³-hybridized carbons (Fsp3) is 0.458. The number of ether oxygens (including phenoxy) is 1. The molecule has 1 aliphatic heterocycles. The van der Waals surface area contributed by atoms with Crippen molar-refractivity contribution in [2.24, 2.45) is 0 Å². The maximum atomic E-state index is 13.0. The van der Waals surface area contributed by atoms with E-state index in [4.69, 9.17) is 4.74 Å². The molecule has 31 heavy (non-hydrogen) atoms. The summed E-state index contributed by atoms with van der Waals surface area (Å²) in [6, 6.07) is 14.6. The first-order valence-corrected chi connectivity index (χ1v) is 12.1. The Balaban J connectivity index is 1.50. The number of piperidine rings is 1. The molecule has 2 aromatic carbocycles. The third-order valence-corrected chi connectivity index (χ3v) is 7.48. The van der Waals surface area contributed by atoms with Gasteiger partial charge < -0.3 is 10.1 Å². The minimum absolute atomic E-state index is 0.0258. The third kappa shape index (κ3) is 6.08. The maximum Gasteiger partial charge on any atom is 0.258 e. The number of hydrogen-bond donors (Lipinski definition) is 1. The van der Waals surface area contributed by atoms with Gasteiger partial charge in [0.25, 0.3) is 5.91 Å². The van der Waals surface area contributed by atoms with Crippen molar-refractivity contribution < 1.29 is 17.9 Å². The van der Waals surface area contributed by atoms with Crippen LogP contribution in [0.5, 0.6) is 5.75 Å². The average Bonchev–Trinajstić information content (AvgIpc) is 2.73. The molecule has 7 heteroatoms. The number of aryl methyl sites for hydroxylation is 1. The van der Waals surface area contributed by atoms with Crippen LogP contribution in [0.2, 0.25) is 0 Å². The number of nitrogens with zero attached hydrogens (tertiary/aromatic N) is 1. The second-order valence-electron chi connectivity index (χ2n) is 9.12. The number of hydrogen-bond acceptors (Lipinski definition) is 4. The van der Waals surface area contributed by atoms with Gasteiger partial charge >= 0.3 is 0 Å². The molecular weight excluding hydrogens is 412 g/mol. The second-order valence-corrected chi connectivity index (χ2v) is 11.1. The Labute approximate surface area is 185 Å². The Morgan fingerprint density at radius 1 is 1.03 bits per heavy atom. The van der Waals surface area contributed by atoms with Crippen molar-refractivity contribution in [1.82, 2.24) is 9.62 Å². The monoisotopic (exact) mass is 444 g/mol. The molecule has 0 saturated carbocycles. The van der Waals surface area contributed by atoms with Gasteiger partial charge in [0.1, 0.15) is 5.75 Å². The summed E-state index contributed by atoms with van der Waals surface area (Å²) in [5, 5.41) is 2.95. The molecule has 168 valence electrons. The van der Waals surface area contributed by atoms with Gasteiger partial charge in [0.15, 0.2) is 6.61 Å². The van der Waals surface area contributed by atoms with E-state index in [1.165, 1.54) is 4.31 Å². The fourth-order valence-electron chi connectivity index (χ4n) is 3.57. The molecule has 0 unspecified atom stereocenters. The minimum atomic E-state index is -3.53. The van der Waals surface area contributed by atoms with E-state index in [0.29, 0.717) is 36.6 Å². The van der Waals surface area contributed by atoms with E-state index >= 15 is 0 Å². The zero-order valence-electron chi connectivity index (χ0n) is 18.7. The molecule has 0 radical (unpaired) electrons. The Morgan fingerprint density at radius 3 is 2.16 bits per heavy atom. The molecule has 2 aromatic rings. The highest BCUT2D eigenvalue weighted by Crippen LogP contribution is 2.26. The molecule has 0 bridgehead atoms. The summed E-state index contributed by atoms with van der Waals surface area (Å²) >= 11 is 0. The predicted molar refractivity (Wildman–Crippen MR) is 122 cm³/mol. The molecule has 1 saturated heterocycles. The van der Waals surface area contributed by atoms with Gasteiger partial charge in [-0.3, -0.25) is 4.79 Å². The van der Waals surface area contributed by atoms with Crippen LogP contribution < -0.4 is 10.1 Å². The largest absolute Gasteiger partial charge is 0.484 e. The van der Waals surface area contributed by atoms with Gasteiger partial charge in [-0.2, -0.15) is 4.31 Å². The molecule has 0 aromatic heterocycles. The first kappa shape index (κ1) is 23.3. The second kappa shape index (κ2) is 9.40. The minimum Gasteiger partial charge on any atom is -0.484 e. The van der Waals surface area contributed by atoms with Gasteiger partial charge in [0.2, 0.25) is 10.0 Å². The Kier molecular flexibility index (Phi) is 7.06. The van der Waals surface area contributed by atoms with Gasteiger partial charge in [-0.1, -0.05) is 50.6 Å². The lowest BCUT2D eigenvalue weighted by Crippen LogP contribution is -2.47. The first-order valence-electron chi connectivity index (χ1n) is 10.7. The molecule has 1 heterocycles. The lowest BCUT2D eigenvalue weighted by Gasteiger charge is -2.31. The quantitative estimate of drug-likeness (QED) is 0.738. The molecule has 6 nitrogen and oxygen atoms in total. The van der Waals surface area contributed by atoms with Crippen molar-refractivity contribution in [3.8, 4) is 5.75 Å². The van der Waals surface area contributed by atoms with Gasteiger partial charge in [-0.05, 0) is 55.0 Å². The Morgan fingerprint density at radius 2 is 1.61 bits per heavy atom. The van der Waals surface area contributed by atoms with Crippen molar-refractivity contribution in [3.63, 3.8) is 0 Å².